The van der Waals surface area contributed by atoms with Crippen LogP contribution in [0.2, 0.25) is 5.15 Å². The first-order chi connectivity index (χ1) is 9.58. The number of nitrogens with one attached hydrogen (secondary N) is 2. The van der Waals surface area contributed by atoms with E-state index in [2.05, 4.69) is 15.8 Å². The van der Waals surface area contributed by atoms with Crippen molar-refractivity contribution in [1.82, 2.24) is 10.4 Å². The maximum atomic E-state index is 11.8. The van der Waals surface area contributed by atoms with Crippen LogP contribution in [0.3, 0.4) is 0 Å². The molecule has 2 aromatic rings. The summed E-state index contributed by atoms with van der Waals surface area (Å²) >= 11 is 5.78. The summed E-state index contributed by atoms with van der Waals surface area (Å²) in [5, 5.41) is 10.7. The molecule has 102 valence electrons. The first-order valence-electron chi connectivity index (χ1n) is 5.49. The lowest BCUT2D eigenvalue weighted by Crippen LogP contribution is -2.29. The second-order valence-electron chi connectivity index (χ2n) is 3.73. The van der Waals surface area contributed by atoms with Crippen molar-refractivity contribution in [2.75, 3.05) is 5.43 Å². The molecule has 1 amide bonds. The largest absolute Gasteiger partial charge is 0.298 e. The van der Waals surface area contributed by atoms with E-state index < -0.39 is 10.8 Å². The predicted octanol–water partition coefficient (Wildman–Crippen LogP) is 2.40. The molecule has 8 heteroatoms. The first-order valence-corrected chi connectivity index (χ1v) is 5.87. The Kier molecular flexibility index (Phi) is 4.11. The third-order valence-electron chi connectivity index (χ3n) is 2.38. The maximum absolute atomic E-state index is 11.8. The molecule has 7 nitrogen and oxygen atoms in total. The Morgan fingerprint density at radius 3 is 2.80 bits per heavy atom. The number of carbonyl (C=O) groups excluding carboxylic acids is 1. The van der Waals surface area contributed by atoms with E-state index in [9.17, 15) is 14.9 Å². The molecule has 1 heterocycles. The summed E-state index contributed by atoms with van der Waals surface area (Å²) in [6, 6.07) is 8.83. The summed E-state index contributed by atoms with van der Waals surface area (Å²) in [5.74, 6) is -0.491. The normalized spacial score (nSPS) is 9.85. The first kappa shape index (κ1) is 13.8. The zero-order valence-electron chi connectivity index (χ0n) is 10.0. The number of amides is 1. The van der Waals surface area contributed by atoms with Crippen LogP contribution in [0.4, 0.5) is 11.4 Å². The molecule has 0 saturated carbocycles. The fourth-order valence-electron chi connectivity index (χ4n) is 1.45. The van der Waals surface area contributed by atoms with Gasteiger partial charge in [-0.3, -0.25) is 25.8 Å². The van der Waals surface area contributed by atoms with E-state index in [1.165, 1.54) is 30.5 Å². The second-order valence-corrected chi connectivity index (χ2v) is 4.09. The van der Waals surface area contributed by atoms with Gasteiger partial charge in [0.1, 0.15) is 5.15 Å². The minimum atomic E-state index is -0.523. The topological polar surface area (TPSA) is 97.2 Å². The highest BCUT2D eigenvalue weighted by Gasteiger charge is 2.11. The predicted molar refractivity (Wildman–Crippen MR) is 73.4 cm³/mol. The van der Waals surface area contributed by atoms with E-state index in [1.807, 2.05) is 0 Å². The van der Waals surface area contributed by atoms with E-state index in [0.717, 1.165) is 0 Å². The van der Waals surface area contributed by atoms with Crippen LogP contribution in [0, 0.1) is 10.1 Å². The number of hydrazine groups is 1. The number of pyridine rings is 1. The molecule has 2 rings (SSSR count). The number of anilines is 1. The molecule has 0 unspecified atom stereocenters. The molecular weight excluding hydrogens is 284 g/mol. The Hall–Kier alpha value is -2.67. The molecule has 0 bridgehead atoms. The van der Waals surface area contributed by atoms with Gasteiger partial charge in [-0.15, -0.1) is 0 Å². The molecule has 1 aromatic carbocycles. The minimum Gasteiger partial charge on any atom is -0.298 e. The van der Waals surface area contributed by atoms with Crippen LogP contribution in [0.25, 0.3) is 0 Å². The average molecular weight is 293 g/mol. The van der Waals surface area contributed by atoms with Gasteiger partial charge in [0, 0.05) is 18.3 Å². The van der Waals surface area contributed by atoms with Crippen molar-refractivity contribution in [3.63, 3.8) is 0 Å². The molecule has 0 aliphatic carbocycles. The fraction of sp³-hybridized carbons (Fsp3) is 0. The average Bonchev–Trinajstić information content (AvgIpc) is 2.45. The Morgan fingerprint density at radius 1 is 1.30 bits per heavy atom. The number of nitro benzene ring substituents is 1. The van der Waals surface area contributed by atoms with Crippen molar-refractivity contribution < 1.29 is 9.72 Å². The number of hydrogen-bond acceptors (Lipinski definition) is 5. The van der Waals surface area contributed by atoms with Gasteiger partial charge in [0.2, 0.25) is 0 Å². The Morgan fingerprint density at radius 2 is 2.10 bits per heavy atom. The monoisotopic (exact) mass is 292 g/mol. The summed E-state index contributed by atoms with van der Waals surface area (Å²) in [7, 11) is 0. The van der Waals surface area contributed by atoms with E-state index in [0.29, 0.717) is 5.69 Å². The van der Waals surface area contributed by atoms with E-state index in [4.69, 9.17) is 11.6 Å². The van der Waals surface area contributed by atoms with Crippen LogP contribution in [-0.2, 0) is 0 Å². The van der Waals surface area contributed by atoms with Gasteiger partial charge in [-0.25, -0.2) is 4.98 Å². The number of aromatic nitrogens is 1. The number of non-ortho nitro benzene ring substituents is 1. The van der Waals surface area contributed by atoms with E-state index in [-0.39, 0.29) is 16.4 Å². The van der Waals surface area contributed by atoms with E-state index in [1.54, 1.807) is 12.1 Å². The Bertz CT molecular complexity index is 663. The molecular formula is C12H9ClN4O3. The van der Waals surface area contributed by atoms with Gasteiger partial charge in [-0.05, 0) is 18.2 Å². The molecule has 0 saturated heterocycles. The number of carbonyl (C=O) groups is 1. The lowest BCUT2D eigenvalue weighted by molar-refractivity contribution is -0.384. The summed E-state index contributed by atoms with van der Waals surface area (Å²) in [4.78, 5) is 25.7. The van der Waals surface area contributed by atoms with Crippen molar-refractivity contribution >= 4 is 28.9 Å². The molecule has 0 aliphatic rings. The maximum Gasteiger partial charge on any atom is 0.272 e. The van der Waals surface area contributed by atoms with Crippen molar-refractivity contribution in [3.05, 3.63) is 63.4 Å². The van der Waals surface area contributed by atoms with Crippen LogP contribution in [-0.4, -0.2) is 15.8 Å². The smallest absolute Gasteiger partial charge is 0.272 e. The minimum absolute atomic E-state index is 0.0749. The zero-order valence-corrected chi connectivity index (χ0v) is 10.8. The van der Waals surface area contributed by atoms with Crippen molar-refractivity contribution in [3.8, 4) is 0 Å². The van der Waals surface area contributed by atoms with E-state index >= 15 is 0 Å². The number of nitro groups is 1. The lowest BCUT2D eigenvalue weighted by atomic mass is 10.3. The van der Waals surface area contributed by atoms with Gasteiger partial charge >= 0.3 is 0 Å². The summed E-state index contributed by atoms with van der Waals surface area (Å²) in [5.41, 5.74) is 5.46. The molecule has 2 N–H and O–H groups in total. The summed E-state index contributed by atoms with van der Waals surface area (Å²) in [6.45, 7) is 0. The van der Waals surface area contributed by atoms with Crippen LogP contribution in [0.15, 0.2) is 42.6 Å². The standard InChI is InChI=1S/C12H9ClN4O3/c13-11-10(5-2-6-14-11)12(18)16-15-8-3-1-4-9(7-8)17(19)20/h1-7,15H,(H,16,18). The number of benzene rings is 1. The third kappa shape index (κ3) is 3.21. The molecule has 0 spiro atoms. The molecule has 0 atom stereocenters. The molecule has 0 aliphatic heterocycles. The SMILES string of the molecule is O=C(NNc1cccc([N+](=O)[O-])c1)c1cccnc1Cl. The highest BCUT2D eigenvalue weighted by atomic mass is 35.5. The highest BCUT2D eigenvalue weighted by molar-refractivity contribution is 6.32. The molecule has 0 fully saturated rings. The van der Waals surface area contributed by atoms with Gasteiger partial charge in [0.25, 0.3) is 11.6 Å². The number of nitrogens with zero attached hydrogens (tertiary/aromatic N) is 2. The summed E-state index contributed by atoms with van der Waals surface area (Å²) in [6.07, 6.45) is 1.47. The van der Waals surface area contributed by atoms with Gasteiger partial charge < -0.3 is 0 Å². The number of hydrogen-bond donors (Lipinski definition) is 2. The van der Waals surface area contributed by atoms with Gasteiger partial charge in [-0.1, -0.05) is 17.7 Å². The van der Waals surface area contributed by atoms with Gasteiger partial charge in [0.15, 0.2) is 0 Å². The molecule has 0 radical (unpaired) electrons. The molecule has 20 heavy (non-hydrogen) atoms. The fourth-order valence-corrected chi connectivity index (χ4v) is 1.65. The number of halogens is 1. The highest BCUT2D eigenvalue weighted by Crippen LogP contribution is 2.16. The van der Waals surface area contributed by atoms with Crippen LogP contribution in [0.5, 0.6) is 0 Å². The summed E-state index contributed by atoms with van der Waals surface area (Å²) < 4.78 is 0. The van der Waals surface area contributed by atoms with Gasteiger partial charge in [0.05, 0.1) is 16.2 Å². The van der Waals surface area contributed by atoms with Crippen LogP contribution in [0.1, 0.15) is 10.4 Å². The van der Waals surface area contributed by atoms with Gasteiger partial charge in [-0.2, -0.15) is 0 Å². The lowest BCUT2D eigenvalue weighted by Gasteiger charge is -2.08. The quantitative estimate of drug-likeness (QED) is 0.512. The zero-order chi connectivity index (χ0) is 14.5. The third-order valence-corrected chi connectivity index (χ3v) is 2.68. The van der Waals surface area contributed by atoms with Crippen LogP contribution < -0.4 is 10.9 Å². The number of rotatable bonds is 4. The Labute approximate surface area is 118 Å². The van der Waals surface area contributed by atoms with Crippen molar-refractivity contribution in [2.24, 2.45) is 0 Å². The van der Waals surface area contributed by atoms with Crippen molar-refractivity contribution in [1.29, 1.82) is 0 Å². The van der Waals surface area contributed by atoms with Crippen LogP contribution >= 0.6 is 11.6 Å². The second kappa shape index (κ2) is 5.98. The molecule has 1 aromatic heterocycles. The van der Waals surface area contributed by atoms with Crippen molar-refractivity contribution in [2.45, 2.75) is 0 Å². The Balaban J connectivity index is 2.06.